The van der Waals surface area contributed by atoms with Gasteiger partial charge in [0.1, 0.15) is 5.82 Å². The topological polar surface area (TPSA) is 35.2 Å². The van der Waals surface area contributed by atoms with Crippen molar-refractivity contribution in [2.24, 2.45) is 0 Å². The van der Waals surface area contributed by atoms with Crippen molar-refractivity contribution in [3.8, 4) is 11.4 Å². The van der Waals surface area contributed by atoms with Crippen molar-refractivity contribution < 1.29 is 0 Å². The molecule has 2 heterocycles. The summed E-state index contributed by atoms with van der Waals surface area (Å²) in [5, 5.41) is 0. The summed E-state index contributed by atoms with van der Waals surface area (Å²) in [4.78, 5) is 13.1. The fraction of sp³-hybridized carbons (Fsp3) is 0.350. The first-order valence-corrected chi connectivity index (χ1v) is 8.73. The van der Waals surface area contributed by atoms with Crippen LogP contribution in [-0.2, 0) is 6.54 Å². The maximum absolute atomic E-state index is 4.68. The zero-order chi connectivity index (χ0) is 16.4. The highest BCUT2D eigenvalue weighted by molar-refractivity contribution is 5.79. The molecular formula is C20H24N4. The monoisotopic (exact) mass is 320 g/mol. The number of aromatic amines is 1. The van der Waals surface area contributed by atoms with Crippen LogP contribution in [0.15, 0.2) is 48.5 Å². The number of hydrogen-bond acceptors (Lipinski definition) is 3. The van der Waals surface area contributed by atoms with Crippen molar-refractivity contribution in [3.63, 3.8) is 0 Å². The Morgan fingerprint density at radius 2 is 1.79 bits per heavy atom. The van der Waals surface area contributed by atoms with Gasteiger partial charge in [-0.3, -0.25) is 4.90 Å². The van der Waals surface area contributed by atoms with E-state index in [0.717, 1.165) is 42.1 Å². The molecule has 4 nitrogen and oxygen atoms in total. The quantitative estimate of drug-likeness (QED) is 0.803. The first-order chi connectivity index (χ1) is 11.8. The number of benzene rings is 2. The lowest BCUT2D eigenvalue weighted by atomic mass is 10.1. The smallest absolute Gasteiger partial charge is 0.138 e. The van der Waals surface area contributed by atoms with Gasteiger partial charge in [-0.15, -0.1) is 0 Å². The summed E-state index contributed by atoms with van der Waals surface area (Å²) in [6.45, 7) is 5.75. The molecule has 3 aromatic rings. The lowest BCUT2D eigenvalue weighted by Gasteiger charge is -2.20. The Labute approximate surface area is 143 Å². The fourth-order valence-electron chi connectivity index (χ4n) is 3.37. The van der Waals surface area contributed by atoms with Gasteiger partial charge in [0.25, 0.3) is 0 Å². The van der Waals surface area contributed by atoms with E-state index in [4.69, 9.17) is 0 Å². The standard InChI is InChI=1S/C20H24N4/c1-23-11-4-12-24(14-13-23)15-16-7-9-17(10-8-16)20-21-18-5-2-3-6-19(18)22-20/h2-3,5-10H,4,11-15H2,1H3,(H,21,22). The number of rotatable bonds is 3. The van der Waals surface area contributed by atoms with E-state index >= 15 is 0 Å². The molecule has 0 unspecified atom stereocenters. The van der Waals surface area contributed by atoms with Crippen molar-refractivity contribution >= 4 is 11.0 Å². The second kappa shape index (κ2) is 6.75. The van der Waals surface area contributed by atoms with E-state index in [1.807, 2.05) is 18.2 Å². The molecule has 2 aromatic carbocycles. The molecule has 24 heavy (non-hydrogen) atoms. The van der Waals surface area contributed by atoms with Crippen molar-refractivity contribution in [1.82, 2.24) is 19.8 Å². The largest absolute Gasteiger partial charge is 0.338 e. The Balaban J connectivity index is 1.48. The number of nitrogens with zero attached hydrogens (tertiary/aromatic N) is 3. The Bertz CT molecular complexity index is 773. The molecule has 4 heteroatoms. The summed E-state index contributed by atoms with van der Waals surface area (Å²) in [6, 6.07) is 17.0. The number of aromatic nitrogens is 2. The second-order valence-corrected chi connectivity index (χ2v) is 6.73. The van der Waals surface area contributed by atoms with Crippen LogP contribution >= 0.6 is 0 Å². The van der Waals surface area contributed by atoms with Gasteiger partial charge >= 0.3 is 0 Å². The minimum Gasteiger partial charge on any atom is -0.338 e. The van der Waals surface area contributed by atoms with Gasteiger partial charge in [0.2, 0.25) is 0 Å². The molecule has 1 aromatic heterocycles. The molecule has 1 aliphatic rings. The molecule has 0 amide bonds. The number of hydrogen-bond donors (Lipinski definition) is 1. The summed E-state index contributed by atoms with van der Waals surface area (Å²) < 4.78 is 0. The first-order valence-electron chi connectivity index (χ1n) is 8.73. The normalized spacial score (nSPS) is 17.2. The van der Waals surface area contributed by atoms with Crippen molar-refractivity contribution in [1.29, 1.82) is 0 Å². The zero-order valence-electron chi connectivity index (χ0n) is 14.2. The molecule has 1 fully saturated rings. The lowest BCUT2D eigenvalue weighted by Crippen LogP contribution is -2.28. The predicted octanol–water partition coefficient (Wildman–Crippen LogP) is 3.37. The van der Waals surface area contributed by atoms with Crippen molar-refractivity contribution in [2.45, 2.75) is 13.0 Å². The van der Waals surface area contributed by atoms with E-state index in [0.29, 0.717) is 0 Å². The van der Waals surface area contributed by atoms with Crippen LogP contribution in [0.25, 0.3) is 22.4 Å². The van der Waals surface area contributed by atoms with Gasteiger partial charge < -0.3 is 9.88 Å². The van der Waals surface area contributed by atoms with E-state index in [-0.39, 0.29) is 0 Å². The summed E-state index contributed by atoms with van der Waals surface area (Å²) in [5.41, 5.74) is 4.63. The van der Waals surface area contributed by atoms with Gasteiger partial charge in [-0.1, -0.05) is 36.4 Å². The van der Waals surface area contributed by atoms with E-state index in [2.05, 4.69) is 57.1 Å². The van der Waals surface area contributed by atoms with Gasteiger partial charge in [0.15, 0.2) is 0 Å². The molecule has 1 saturated heterocycles. The van der Waals surface area contributed by atoms with Crippen molar-refractivity contribution in [2.75, 3.05) is 33.2 Å². The van der Waals surface area contributed by atoms with Crippen LogP contribution in [0.3, 0.4) is 0 Å². The number of imidazole rings is 1. The van der Waals surface area contributed by atoms with Gasteiger partial charge in [-0.05, 0) is 44.3 Å². The summed E-state index contributed by atoms with van der Waals surface area (Å²) >= 11 is 0. The molecule has 124 valence electrons. The minimum absolute atomic E-state index is 0.944. The van der Waals surface area contributed by atoms with Crippen LogP contribution in [0.5, 0.6) is 0 Å². The Morgan fingerprint density at radius 1 is 0.958 bits per heavy atom. The first kappa shape index (κ1) is 15.4. The molecule has 1 N–H and O–H groups in total. The fourth-order valence-corrected chi connectivity index (χ4v) is 3.37. The van der Waals surface area contributed by atoms with Crippen LogP contribution in [0.2, 0.25) is 0 Å². The molecule has 0 radical (unpaired) electrons. The molecule has 0 saturated carbocycles. The van der Waals surface area contributed by atoms with Crippen molar-refractivity contribution in [3.05, 3.63) is 54.1 Å². The van der Waals surface area contributed by atoms with Crippen LogP contribution in [0, 0.1) is 0 Å². The number of para-hydroxylation sites is 2. The van der Waals surface area contributed by atoms with Gasteiger partial charge in [-0.25, -0.2) is 4.98 Å². The Kier molecular flexibility index (Phi) is 4.32. The maximum atomic E-state index is 4.68. The molecule has 0 spiro atoms. The summed E-state index contributed by atoms with van der Waals surface area (Å²) in [7, 11) is 2.21. The number of likely N-dealkylation sites (N-methyl/N-ethyl adjacent to an activating group) is 1. The molecule has 0 atom stereocenters. The van der Waals surface area contributed by atoms with E-state index < -0.39 is 0 Å². The number of H-pyrrole nitrogens is 1. The lowest BCUT2D eigenvalue weighted by molar-refractivity contribution is 0.269. The third kappa shape index (κ3) is 3.35. The molecular weight excluding hydrogens is 296 g/mol. The zero-order valence-corrected chi connectivity index (χ0v) is 14.2. The van der Waals surface area contributed by atoms with Gasteiger partial charge in [0.05, 0.1) is 11.0 Å². The van der Waals surface area contributed by atoms with E-state index in [1.165, 1.54) is 25.1 Å². The van der Waals surface area contributed by atoms with Crippen LogP contribution in [0.4, 0.5) is 0 Å². The summed E-state index contributed by atoms with van der Waals surface area (Å²) in [5.74, 6) is 0.944. The molecule has 1 aliphatic heterocycles. The highest BCUT2D eigenvalue weighted by Gasteiger charge is 2.12. The predicted molar refractivity (Wildman–Crippen MR) is 98.9 cm³/mol. The third-order valence-electron chi connectivity index (χ3n) is 4.84. The summed E-state index contributed by atoms with van der Waals surface area (Å²) in [6.07, 6.45) is 1.26. The van der Waals surface area contributed by atoms with Gasteiger partial charge in [-0.2, -0.15) is 0 Å². The maximum Gasteiger partial charge on any atom is 0.138 e. The van der Waals surface area contributed by atoms with Gasteiger partial charge in [0, 0.05) is 25.2 Å². The number of fused-ring (bicyclic) bond motifs is 1. The molecule has 0 aliphatic carbocycles. The number of nitrogens with one attached hydrogen (secondary N) is 1. The average molecular weight is 320 g/mol. The molecule has 4 rings (SSSR count). The minimum atomic E-state index is 0.944. The van der Waals surface area contributed by atoms with E-state index in [9.17, 15) is 0 Å². The van der Waals surface area contributed by atoms with E-state index in [1.54, 1.807) is 0 Å². The van der Waals surface area contributed by atoms with Crippen LogP contribution in [-0.4, -0.2) is 53.0 Å². The Hall–Kier alpha value is -2.17. The highest BCUT2D eigenvalue weighted by atomic mass is 15.2. The van der Waals surface area contributed by atoms with Crippen LogP contribution < -0.4 is 0 Å². The highest BCUT2D eigenvalue weighted by Crippen LogP contribution is 2.21. The SMILES string of the molecule is CN1CCCN(Cc2ccc(-c3nc4ccccc4[nH]3)cc2)CC1. The Morgan fingerprint density at radius 3 is 2.62 bits per heavy atom. The van der Waals surface area contributed by atoms with Crippen LogP contribution in [0.1, 0.15) is 12.0 Å². The third-order valence-corrected chi connectivity index (χ3v) is 4.84. The molecule has 0 bridgehead atoms. The second-order valence-electron chi connectivity index (χ2n) is 6.73. The average Bonchev–Trinajstić information content (AvgIpc) is 2.94.